The fourth-order valence-corrected chi connectivity index (χ4v) is 4.04. The predicted molar refractivity (Wildman–Crippen MR) is 114 cm³/mol. The summed E-state index contributed by atoms with van der Waals surface area (Å²) in [5.41, 5.74) is -0.760. The van der Waals surface area contributed by atoms with Crippen LogP contribution in [0.5, 0.6) is 11.5 Å². The number of amides is 1. The van der Waals surface area contributed by atoms with Gasteiger partial charge in [-0.15, -0.1) is 0 Å². The molecule has 0 saturated heterocycles. The van der Waals surface area contributed by atoms with E-state index in [1.54, 1.807) is 18.2 Å². The van der Waals surface area contributed by atoms with Crippen molar-refractivity contribution in [2.75, 3.05) is 31.3 Å². The molecule has 0 aliphatic carbocycles. The van der Waals surface area contributed by atoms with E-state index in [0.717, 1.165) is 24.0 Å². The fourth-order valence-electron chi connectivity index (χ4n) is 3.06. The number of sulfonamides is 1. The van der Waals surface area contributed by atoms with E-state index in [0.29, 0.717) is 15.8 Å². The van der Waals surface area contributed by atoms with Crippen molar-refractivity contribution in [1.82, 2.24) is 5.32 Å². The van der Waals surface area contributed by atoms with Gasteiger partial charge >= 0.3 is 6.18 Å². The Hall–Kier alpha value is -2.95. The highest BCUT2D eigenvalue weighted by atomic mass is 32.2. The maximum atomic E-state index is 13.3. The van der Waals surface area contributed by atoms with Gasteiger partial charge in [0.15, 0.2) is 11.5 Å². The molecule has 0 unspecified atom stereocenters. The van der Waals surface area contributed by atoms with E-state index >= 15 is 0 Å². The molecule has 2 aromatic carbocycles. The SMILES string of the molecule is COc1ccc(CNC(=O)CCCN(c2ccccc2C(F)(F)F)S(C)(=O)=O)cc1OC. The molecule has 176 valence electrons. The van der Waals surface area contributed by atoms with Gasteiger partial charge in [-0.25, -0.2) is 8.42 Å². The van der Waals surface area contributed by atoms with Crippen LogP contribution in [-0.2, 0) is 27.5 Å². The van der Waals surface area contributed by atoms with Crippen molar-refractivity contribution < 1.29 is 35.9 Å². The van der Waals surface area contributed by atoms with Crippen LogP contribution in [-0.4, -0.2) is 41.3 Å². The zero-order valence-electron chi connectivity index (χ0n) is 17.9. The van der Waals surface area contributed by atoms with Gasteiger partial charge in [-0.2, -0.15) is 13.2 Å². The Labute approximate surface area is 185 Å². The monoisotopic (exact) mass is 474 g/mol. The predicted octanol–water partition coefficient (Wildman–Crippen LogP) is 3.59. The number of hydrogen-bond donors (Lipinski definition) is 1. The van der Waals surface area contributed by atoms with Gasteiger partial charge in [-0.05, 0) is 36.2 Å². The smallest absolute Gasteiger partial charge is 0.418 e. The first-order valence-electron chi connectivity index (χ1n) is 9.59. The Morgan fingerprint density at radius 2 is 1.72 bits per heavy atom. The molecule has 0 heterocycles. The fraction of sp³-hybridized carbons (Fsp3) is 0.381. The van der Waals surface area contributed by atoms with Gasteiger partial charge in [0, 0.05) is 19.5 Å². The van der Waals surface area contributed by atoms with E-state index in [4.69, 9.17) is 9.47 Å². The molecule has 0 atom stereocenters. The number of rotatable bonds is 10. The van der Waals surface area contributed by atoms with E-state index in [-0.39, 0.29) is 31.8 Å². The molecular weight excluding hydrogens is 449 g/mol. The van der Waals surface area contributed by atoms with Crippen LogP contribution in [0.2, 0.25) is 0 Å². The number of ether oxygens (including phenoxy) is 2. The number of carbonyl (C=O) groups is 1. The second-order valence-electron chi connectivity index (χ2n) is 6.92. The molecule has 1 N–H and O–H groups in total. The van der Waals surface area contributed by atoms with Crippen LogP contribution >= 0.6 is 0 Å². The molecule has 2 aromatic rings. The van der Waals surface area contributed by atoms with Crippen LogP contribution in [0, 0.1) is 0 Å². The molecule has 7 nitrogen and oxygen atoms in total. The molecule has 0 aliphatic heterocycles. The van der Waals surface area contributed by atoms with Gasteiger partial charge in [-0.3, -0.25) is 9.10 Å². The highest BCUT2D eigenvalue weighted by Gasteiger charge is 2.36. The first-order chi connectivity index (χ1) is 15.0. The summed E-state index contributed by atoms with van der Waals surface area (Å²) >= 11 is 0. The van der Waals surface area contributed by atoms with Crippen molar-refractivity contribution in [3.05, 3.63) is 53.6 Å². The number of alkyl halides is 3. The average Bonchev–Trinajstić information content (AvgIpc) is 2.73. The summed E-state index contributed by atoms with van der Waals surface area (Å²) in [6.07, 6.45) is -3.90. The van der Waals surface area contributed by atoms with Gasteiger partial charge in [0.1, 0.15) is 0 Å². The number of halogens is 3. The summed E-state index contributed by atoms with van der Waals surface area (Å²) in [5.74, 6) is 0.686. The van der Waals surface area contributed by atoms with Crippen LogP contribution in [0.3, 0.4) is 0 Å². The van der Waals surface area contributed by atoms with Crippen molar-refractivity contribution in [3.63, 3.8) is 0 Å². The van der Waals surface area contributed by atoms with Crippen LogP contribution in [0.4, 0.5) is 18.9 Å². The van der Waals surface area contributed by atoms with Gasteiger partial charge < -0.3 is 14.8 Å². The van der Waals surface area contributed by atoms with Crippen molar-refractivity contribution in [2.24, 2.45) is 0 Å². The number of carbonyl (C=O) groups excluding carboxylic acids is 1. The largest absolute Gasteiger partial charge is 0.493 e. The molecule has 0 radical (unpaired) electrons. The third-order valence-corrected chi connectivity index (χ3v) is 5.76. The van der Waals surface area contributed by atoms with Crippen LogP contribution in [0.15, 0.2) is 42.5 Å². The molecular formula is C21H25F3N2O5S. The minimum atomic E-state index is -4.71. The summed E-state index contributed by atoms with van der Waals surface area (Å²) in [6, 6.07) is 9.60. The van der Waals surface area contributed by atoms with E-state index < -0.39 is 27.5 Å². The minimum Gasteiger partial charge on any atom is -0.493 e. The first kappa shape index (κ1) is 25.3. The van der Waals surface area contributed by atoms with Crippen molar-refractivity contribution >= 4 is 21.6 Å². The van der Waals surface area contributed by atoms with Crippen molar-refractivity contribution in [3.8, 4) is 11.5 Å². The summed E-state index contributed by atoms with van der Waals surface area (Å²) < 4.78 is 75.2. The Morgan fingerprint density at radius 3 is 2.31 bits per heavy atom. The molecule has 0 spiro atoms. The number of nitrogens with zero attached hydrogens (tertiary/aromatic N) is 1. The lowest BCUT2D eigenvalue weighted by atomic mass is 10.1. The number of methoxy groups -OCH3 is 2. The van der Waals surface area contributed by atoms with Crippen LogP contribution < -0.4 is 19.1 Å². The number of hydrogen-bond acceptors (Lipinski definition) is 5. The molecule has 0 fully saturated rings. The standard InChI is InChI=1S/C21H25F3N2O5S/c1-30-18-11-10-15(13-19(18)31-2)14-25-20(27)9-6-12-26(32(3,28)29)17-8-5-4-7-16(17)21(22,23)24/h4-5,7-8,10-11,13H,6,9,12,14H2,1-3H3,(H,25,27). The van der Waals surface area contributed by atoms with E-state index in [1.165, 1.54) is 26.4 Å². The average molecular weight is 475 g/mol. The molecule has 0 saturated carbocycles. The lowest BCUT2D eigenvalue weighted by molar-refractivity contribution is -0.137. The topological polar surface area (TPSA) is 84.9 Å². The molecule has 32 heavy (non-hydrogen) atoms. The number of nitrogens with one attached hydrogen (secondary N) is 1. The number of para-hydroxylation sites is 1. The van der Waals surface area contributed by atoms with Crippen molar-refractivity contribution in [1.29, 1.82) is 0 Å². The maximum absolute atomic E-state index is 13.3. The summed E-state index contributed by atoms with van der Waals surface area (Å²) in [6.45, 7) is -0.0679. The van der Waals surface area contributed by atoms with Gasteiger partial charge in [0.25, 0.3) is 0 Å². The molecule has 0 aliphatic rings. The third kappa shape index (κ3) is 6.78. The number of anilines is 1. The first-order valence-corrected chi connectivity index (χ1v) is 11.4. The van der Waals surface area contributed by atoms with E-state index in [1.807, 2.05) is 0 Å². The maximum Gasteiger partial charge on any atom is 0.418 e. The van der Waals surface area contributed by atoms with Crippen LogP contribution in [0.25, 0.3) is 0 Å². The Balaban J connectivity index is 2.00. The second kappa shape index (κ2) is 10.6. The van der Waals surface area contributed by atoms with Crippen molar-refractivity contribution in [2.45, 2.75) is 25.6 Å². The molecule has 1 amide bonds. The Morgan fingerprint density at radius 1 is 1.06 bits per heavy atom. The molecule has 11 heteroatoms. The Kier molecular flexibility index (Phi) is 8.37. The van der Waals surface area contributed by atoms with Crippen LogP contribution in [0.1, 0.15) is 24.0 Å². The van der Waals surface area contributed by atoms with Gasteiger partial charge in [0.05, 0.1) is 31.7 Å². The van der Waals surface area contributed by atoms with Gasteiger partial charge in [-0.1, -0.05) is 18.2 Å². The lowest BCUT2D eigenvalue weighted by Crippen LogP contribution is -2.33. The Bertz CT molecular complexity index is 1040. The molecule has 0 bridgehead atoms. The van der Waals surface area contributed by atoms with Gasteiger partial charge in [0.2, 0.25) is 15.9 Å². The molecule has 2 rings (SSSR count). The normalized spacial score (nSPS) is 11.7. The minimum absolute atomic E-state index is 0.0387. The quantitative estimate of drug-likeness (QED) is 0.569. The second-order valence-corrected chi connectivity index (χ2v) is 8.83. The highest BCUT2D eigenvalue weighted by Crippen LogP contribution is 2.37. The highest BCUT2D eigenvalue weighted by molar-refractivity contribution is 7.92. The number of benzene rings is 2. The van der Waals surface area contributed by atoms with E-state index in [2.05, 4.69) is 5.32 Å². The molecule has 0 aromatic heterocycles. The zero-order chi connectivity index (χ0) is 23.9. The summed E-state index contributed by atoms with van der Waals surface area (Å²) in [7, 11) is -0.996. The lowest BCUT2D eigenvalue weighted by Gasteiger charge is -2.25. The third-order valence-electron chi connectivity index (χ3n) is 4.58. The van der Waals surface area contributed by atoms with E-state index in [9.17, 15) is 26.4 Å². The summed E-state index contributed by atoms with van der Waals surface area (Å²) in [4.78, 5) is 12.2. The zero-order valence-corrected chi connectivity index (χ0v) is 18.7. The summed E-state index contributed by atoms with van der Waals surface area (Å²) in [5, 5.41) is 2.69.